The first-order valence-corrected chi connectivity index (χ1v) is 13.9. The molecular formula is C24H27N3O7S2. The van der Waals surface area contributed by atoms with Crippen molar-refractivity contribution in [3.05, 3.63) is 72.8 Å². The Kier molecular flexibility index (Phi) is 8.10. The van der Waals surface area contributed by atoms with Gasteiger partial charge in [0.2, 0.25) is 15.9 Å². The van der Waals surface area contributed by atoms with Gasteiger partial charge in [0.05, 0.1) is 36.7 Å². The van der Waals surface area contributed by atoms with Gasteiger partial charge in [0, 0.05) is 18.8 Å². The van der Waals surface area contributed by atoms with Gasteiger partial charge in [-0.25, -0.2) is 16.8 Å². The minimum absolute atomic E-state index is 0.00699. The summed E-state index contributed by atoms with van der Waals surface area (Å²) in [5.41, 5.74) is 0.774. The van der Waals surface area contributed by atoms with Crippen molar-refractivity contribution in [1.29, 1.82) is 0 Å². The average molecular weight is 534 g/mol. The van der Waals surface area contributed by atoms with E-state index in [0.717, 1.165) is 14.9 Å². The van der Waals surface area contributed by atoms with Gasteiger partial charge in [0.25, 0.3) is 10.0 Å². The van der Waals surface area contributed by atoms with E-state index in [9.17, 15) is 21.6 Å². The Bertz CT molecular complexity index is 1440. The number of sulfonamides is 2. The molecule has 0 spiro atoms. The predicted octanol–water partition coefficient (Wildman–Crippen LogP) is 2.93. The summed E-state index contributed by atoms with van der Waals surface area (Å²) in [6.45, 7) is -0.577. The summed E-state index contributed by atoms with van der Waals surface area (Å²) in [5, 5.41) is 2.64. The second-order valence-electron chi connectivity index (χ2n) is 7.69. The summed E-state index contributed by atoms with van der Waals surface area (Å²) in [7, 11) is -3.44. The molecule has 1 N–H and O–H groups in total. The molecule has 3 rings (SSSR count). The van der Waals surface area contributed by atoms with Gasteiger partial charge in [-0.15, -0.1) is 0 Å². The second kappa shape index (κ2) is 10.9. The molecule has 0 heterocycles. The highest BCUT2D eigenvalue weighted by atomic mass is 32.2. The SMILES string of the molecule is COc1ccc(N(CC(=O)Nc2cccc(N(C)S(C)(=O)=O)c2)S(=O)(=O)c2ccccc2)c(OC)c1. The number of rotatable bonds is 10. The number of hydrogen-bond donors (Lipinski definition) is 1. The summed E-state index contributed by atoms with van der Waals surface area (Å²) in [4.78, 5) is 13.1. The molecule has 0 aliphatic heterocycles. The van der Waals surface area contributed by atoms with Crippen molar-refractivity contribution in [3.63, 3.8) is 0 Å². The van der Waals surface area contributed by atoms with Gasteiger partial charge in [-0.1, -0.05) is 24.3 Å². The summed E-state index contributed by atoms with van der Waals surface area (Å²) in [5.74, 6) is -0.00566. The van der Waals surface area contributed by atoms with Crippen LogP contribution >= 0.6 is 0 Å². The van der Waals surface area contributed by atoms with Gasteiger partial charge < -0.3 is 14.8 Å². The van der Waals surface area contributed by atoms with E-state index < -0.39 is 32.5 Å². The van der Waals surface area contributed by atoms with Crippen molar-refractivity contribution in [3.8, 4) is 11.5 Å². The molecule has 12 heteroatoms. The summed E-state index contributed by atoms with van der Waals surface area (Å²) < 4.78 is 63.5. The largest absolute Gasteiger partial charge is 0.497 e. The smallest absolute Gasteiger partial charge is 0.264 e. The Morgan fingerprint density at radius 1 is 0.889 bits per heavy atom. The van der Waals surface area contributed by atoms with Gasteiger partial charge in [-0.3, -0.25) is 13.4 Å². The highest BCUT2D eigenvalue weighted by Crippen LogP contribution is 2.35. The first-order valence-electron chi connectivity index (χ1n) is 10.6. The number of nitrogens with one attached hydrogen (secondary N) is 1. The Balaban J connectivity index is 1.98. The quantitative estimate of drug-likeness (QED) is 0.425. The predicted molar refractivity (Wildman–Crippen MR) is 139 cm³/mol. The van der Waals surface area contributed by atoms with Crippen molar-refractivity contribution in [1.82, 2.24) is 0 Å². The number of carbonyl (C=O) groups excluding carboxylic acids is 1. The number of nitrogens with zero attached hydrogens (tertiary/aromatic N) is 2. The first-order chi connectivity index (χ1) is 17.0. The van der Waals surface area contributed by atoms with Crippen molar-refractivity contribution >= 4 is 43.0 Å². The maximum Gasteiger partial charge on any atom is 0.264 e. The Hall–Kier alpha value is -3.77. The molecule has 0 aliphatic carbocycles. The molecule has 10 nitrogen and oxygen atoms in total. The highest BCUT2D eigenvalue weighted by Gasteiger charge is 2.29. The number of hydrogen-bond acceptors (Lipinski definition) is 7. The molecule has 0 atom stereocenters. The fourth-order valence-corrected chi connectivity index (χ4v) is 5.26. The third-order valence-electron chi connectivity index (χ3n) is 5.26. The molecule has 3 aromatic rings. The van der Waals surface area contributed by atoms with Crippen LogP contribution in [-0.4, -0.2) is 56.8 Å². The molecule has 1 amide bonds. The standard InChI is InChI=1S/C24H27N3O7S2/c1-26(35(4,29)30)19-10-8-9-18(15-19)25-24(28)17-27(36(31,32)21-11-6-5-7-12-21)22-14-13-20(33-2)16-23(22)34-3/h5-16H,17H2,1-4H3,(H,25,28). The zero-order valence-electron chi connectivity index (χ0n) is 20.2. The average Bonchev–Trinajstić information content (AvgIpc) is 2.86. The Labute approximate surface area is 211 Å². The number of carbonyl (C=O) groups is 1. The van der Waals surface area contributed by atoms with Gasteiger partial charge in [0.1, 0.15) is 18.0 Å². The summed E-state index contributed by atoms with van der Waals surface area (Å²) in [6.07, 6.45) is 1.06. The van der Waals surface area contributed by atoms with E-state index in [1.54, 1.807) is 42.5 Å². The van der Waals surface area contributed by atoms with Crippen LogP contribution in [0.15, 0.2) is 77.7 Å². The van der Waals surface area contributed by atoms with Crippen LogP contribution in [0.25, 0.3) is 0 Å². The molecular weight excluding hydrogens is 506 g/mol. The van der Waals surface area contributed by atoms with Crippen LogP contribution in [0.2, 0.25) is 0 Å². The van der Waals surface area contributed by atoms with E-state index in [-0.39, 0.29) is 16.3 Å². The topological polar surface area (TPSA) is 122 Å². The van der Waals surface area contributed by atoms with Crippen LogP contribution in [0, 0.1) is 0 Å². The summed E-state index contributed by atoms with van der Waals surface area (Å²) in [6, 6.07) is 18.5. The van der Waals surface area contributed by atoms with Gasteiger partial charge in [-0.2, -0.15) is 0 Å². The molecule has 0 aromatic heterocycles. The van der Waals surface area contributed by atoms with Crippen molar-refractivity contribution in [2.45, 2.75) is 4.90 Å². The van der Waals surface area contributed by atoms with Gasteiger partial charge in [-0.05, 0) is 42.5 Å². The van der Waals surface area contributed by atoms with E-state index in [1.165, 1.54) is 51.6 Å². The Morgan fingerprint density at radius 2 is 1.58 bits per heavy atom. The fraction of sp³-hybridized carbons (Fsp3) is 0.208. The van der Waals surface area contributed by atoms with Gasteiger partial charge in [0.15, 0.2) is 0 Å². The van der Waals surface area contributed by atoms with Gasteiger partial charge >= 0.3 is 0 Å². The third-order valence-corrected chi connectivity index (χ3v) is 8.24. The van der Waals surface area contributed by atoms with E-state index in [4.69, 9.17) is 9.47 Å². The van der Waals surface area contributed by atoms with Crippen LogP contribution < -0.4 is 23.4 Å². The lowest BCUT2D eigenvalue weighted by atomic mass is 10.2. The first kappa shape index (κ1) is 26.8. The number of methoxy groups -OCH3 is 2. The molecule has 0 saturated carbocycles. The molecule has 0 aliphatic rings. The lowest BCUT2D eigenvalue weighted by molar-refractivity contribution is -0.114. The lowest BCUT2D eigenvalue weighted by Crippen LogP contribution is -2.38. The zero-order chi connectivity index (χ0) is 26.5. The normalized spacial score (nSPS) is 11.4. The van der Waals surface area contributed by atoms with E-state index >= 15 is 0 Å². The molecule has 36 heavy (non-hydrogen) atoms. The molecule has 0 fully saturated rings. The van der Waals surface area contributed by atoms with E-state index in [0.29, 0.717) is 17.1 Å². The van der Waals surface area contributed by atoms with E-state index in [2.05, 4.69) is 5.32 Å². The van der Waals surface area contributed by atoms with Crippen LogP contribution in [0.5, 0.6) is 11.5 Å². The molecule has 0 bridgehead atoms. The van der Waals surface area contributed by atoms with Crippen LogP contribution in [-0.2, 0) is 24.8 Å². The maximum atomic E-state index is 13.6. The number of ether oxygens (including phenoxy) is 2. The maximum absolute atomic E-state index is 13.6. The number of amides is 1. The highest BCUT2D eigenvalue weighted by molar-refractivity contribution is 7.93. The molecule has 192 valence electrons. The van der Waals surface area contributed by atoms with Crippen molar-refractivity contribution in [2.24, 2.45) is 0 Å². The second-order valence-corrected chi connectivity index (χ2v) is 11.6. The van der Waals surface area contributed by atoms with Crippen LogP contribution in [0.3, 0.4) is 0 Å². The van der Waals surface area contributed by atoms with Crippen molar-refractivity contribution in [2.75, 3.05) is 48.0 Å². The lowest BCUT2D eigenvalue weighted by Gasteiger charge is -2.26. The minimum atomic E-state index is -4.17. The van der Waals surface area contributed by atoms with Crippen LogP contribution in [0.1, 0.15) is 0 Å². The molecule has 0 unspecified atom stereocenters. The molecule has 0 saturated heterocycles. The van der Waals surface area contributed by atoms with E-state index in [1.807, 2.05) is 0 Å². The number of benzene rings is 3. The fourth-order valence-electron chi connectivity index (χ4n) is 3.31. The zero-order valence-corrected chi connectivity index (χ0v) is 21.8. The molecule has 3 aromatic carbocycles. The minimum Gasteiger partial charge on any atom is -0.497 e. The monoisotopic (exact) mass is 533 g/mol. The van der Waals surface area contributed by atoms with Crippen LogP contribution in [0.4, 0.5) is 17.1 Å². The Morgan fingerprint density at radius 3 is 2.19 bits per heavy atom. The summed E-state index contributed by atoms with van der Waals surface area (Å²) >= 11 is 0. The number of anilines is 3. The third kappa shape index (κ3) is 6.07. The molecule has 0 radical (unpaired) electrons. The van der Waals surface area contributed by atoms with Crippen molar-refractivity contribution < 1.29 is 31.1 Å².